The fraction of sp³-hybridized carbons (Fsp3) is 0.250. The third kappa shape index (κ3) is 3.73. The molecule has 0 aliphatic carbocycles. The first kappa shape index (κ1) is 15.3. The molecule has 1 aromatic carbocycles. The van der Waals surface area contributed by atoms with E-state index >= 15 is 0 Å². The summed E-state index contributed by atoms with van der Waals surface area (Å²) in [6.07, 6.45) is 2.03. The molecule has 0 bridgehead atoms. The number of carbonyl (C=O) groups is 1. The molecule has 0 unspecified atom stereocenters. The number of carboxylic acids is 1. The molecule has 0 radical (unpaired) electrons. The zero-order valence-corrected chi connectivity index (χ0v) is 12.5. The van der Waals surface area contributed by atoms with Crippen molar-refractivity contribution in [3.05, 3.63) is 53.2 Å². The van der Waals surface area contributed by atoms with Crippen LogP contribution in [0.3, 0.4) is 0 Å². The highest BCUT2D eigenvalue weighted by molar-refractivity contribution is 6.33. The maximum Gasteiger partial charge on any atom is 0.356 e. The highest BCUT2D eigenvalue weighted by Gasteiger charge is 2.16. The van der Waals surface area contributed by atoms with Crippen LogP contribution >= 0.6 is 11.6 Å². The molecule has 4 nitrogen and oxygen atoms in total. The van der Waals surface area contributed by atoms with Gasteiger partial charge in [0.15, 0.2) is 5.69 Å². The van der Waals surface area contributed by atoms with Gasteiger partial charge in [-0.2, -0.15) is 0 Å². The van der Waals surface area contributed by atoms with Gasteiger partial charge in [0.05, 0.1) is 5.02 Å². The maximum atomic E-state index is 11.2. The number of para-hydroxylation sites is 1. The highest BCUT2D eigenvalue weighted by Crippen LogP contribution is 2.26. The van der Waals surface area contributed by atoms with Gasteiger partial charge in [-0.05, 0) is 30.7 Å². The van der Waals surface area contributed by atoms with Crippen molar-refractivity contribution in [3.63, 3.8) is 0 Å². The van der Waals surface area contributed by atoms with E-state index in [2.05, 4.69) is 11.9 Å². The first-order chi connectivity index (χ1) is 10.1. The SMILES string of the molecule is CCCCN(c1ccccc1)c1ccc(Cl)c(C(=O)O)n1. The number of aromatic carboxylic acids is 1. The molecular weight excluding hydrogens is 288 g/mol. The number of benzene rings is 1. The molecule has 2 aromatic rings. The van der Waals surface area contributed by atoms with E-state index in [0.29, 0.717) is 5.82 Å². The van der Waals surface area contributed by atoms with Crippen molar-refractivity contribution < 1.29 is 9.90 Å². The Morgan fingerprint density at radius 1 is 1.24 bits per heavy atom. The van der Waals surface area contributed by atoms with Gasteiger partial charge in [-0.15, -0.1) is 0 Å². The zero-order chi connectivity index (χ0) is 15.2. The van der Waals surface area contributed by atoms with Crippen LogP contribution in [0.5, 0.6) is 0 Å². The van der Waals surface area contributed by atoms with E-state index in [1.165, 1.54) is 0 Å². The van der Waals surface area contributed by atoms with Crippen LogP contribution in [0, 0.1) is 0 Å². The molecule has 0 amide bonds. The molecule has 0 atom stereocenters. The zero-order valence-electron chi connectivity index (χ0n) is 11.8. The predicted octanol–water partition coefficient (Wildman–Crippen LogP) is 4.37. The quantitative estimate of drug-likeness (QED) is 0.861. The molecule has 1 aromatic heterocycles. The van der Waals surface area contributed by atoms with Crippen LogP contribution < -0.4 is 4.90 Å². The predicted molar refractivity (Wildman–Crippen MR) is 84.6 cm³/mol. The number of carboxylic acid groups (broad SMARTS) is 1. The summed E-state index contributed by atoms with van der Waals surface area (Å²) < 4.78 is 0. The van der Waals surface area contributed by atoms with Gasteiger partial charge in [0, 0.05) is 12.2 Å². The maximum absolute atomic E-state index is 11.2. The first-order valence-electron chi connectivity index (χ1n) is 6.86. The average molecular weight is 305 g/mol. The molecule has 21 heavy (non-hydrogen) atoms. The Morgan fingerprint density at radius 3 is 2.57 bits per heavy atom. The van der Waals surface area contributed by atoms with E-state index in [9.17, 15) is 4.79 Å². The Kier molecular flexibility index (Phi) is 5.17. The lowest BCUT2D eigenvalue weighted by atomic mass is 10.2. The van der Waals surface area contributed by atoms with Crippen molar-refractivity contribution in [2.24, 2.45) is 0 Å². The van der Waals surface area contributed by atoms with Crippen LogP contribution in [-0.2, 0) is 0 Å². The van der Waals surface area contributed by atoms with Crippen LogP contribution in [0.1, 0.15) is 30.3 Å². The van der Waals surface area contributed by atoms with Gasteiger partial charge >= 0.3 is 5.97 Å². The van der Waals surface area contributed by atoms with E-state index in [4.69, 9.17) is 16.7 Å². The average Bonchev–Trinajstić information content (AvgIpc) is 2.50. The standard InChI is InChI=1S/C16H17ClN2O2/c1-2-3-11-19(12-7-5-4-6-8-12)14-10-9-13(17)15(18-14)16(20)21/h4-10H,2-3,11H2,1H3,(H,20,21). The molecule has 0 saturated heterocycles. The Bertz CT molecular complexity index is 617. The summed E-state index contributed by atoms with van der Waals surface area (Å²) in [6, 6.07) is 13.1. The second-order valence-corrected chi connectivity index (χ2v) is 5.05. The Morgan fingerprint density at radius 2 is 1.95 bits per heavy atom. The van der Waals surface area contributed by atoms with Crippen LogP contribution in [-0.4, -0.2) is 22.6 Å². The Labute approximate surface area is 129 Å². The summed E-state index contributed by atoms with van der Waals surface area (Å²) in [6.45, 7) is 2.88. The molecule has 0 spiro atoms. The van der Waals surface area contributed by atoms with Gasteiger partial charge < -0.3 is 10.0 Å². The minimum Gasteiger partial charge on any atom is -0.476 e. The molecule has 110 valence electrons. The highest BCUT2D eigenvalue weighted by atomic mass is 35.5. The number of aromatic nitrogens is 1. The third-order valence-electron chi connectivity index (χ3n) is 3.11. The number of unbranched alkanes of at least 4 members (excludes halogenated alkanes) is 1. The number of hydrogen-bond donors (Lipinski definition) is 1. The van der Waals surface area contributed by atoms with Gasteiger partial charge in [-0.25, -0.2) is 9.78 Å². The number of halogens is 1. The monoisotopic (exact) mass is 304 g/mol. The normalized spacial score (nSPS) is 10.4. The van der Waals surface area contributed by atoms with Crippen LogP contribution in [0.4, 0.5) is 11.5 Å². The second-order valence-electron chi connectivity index (χ2n) is 4.65. The van der Waals surface area contributed by atoms with Crippen molar-refractivity contribution in [2.45, 2.75) is 19.8 Å². The minimum absolute atomic E-state index is 0.119. The second kappa shape index (κ2) is 7.09. The fourth-order valence-electron chi connectivity index (χ4n) is 2.03. The van der Waals surface area contributed by atoms with Gasteiger partial charge in [0.25, 0.3) is 0 Å². The Balaban J connectivity index is 2.41. The summed E-state index contributed by atoms with van der Waals surface area (Å²) in [5.74, 6) is -0.526. The molecule has 5 heteroatoms. The lowest BCUT2D eigenvalue weighted by Gasteiger charge is -2.24. The van der Waals surface area contributed by atoms with Gasteiger partial charge in [-0.1, -0.05) is 43.1 Å². The van der Waals surface area contributed by atoms with E-state index in [1.54, 1.807) is 12.1 Å². The van der Waals surface area contributed by atoms with E-state index < -0.39 is 5.97 Å². The summed E-state index contributed by atoms with van der Waals surface area (Å²) in [4.78, 5) is 17.4. The molecule has 0 saturated carbocycles. The van der Waals surface area contributed by atoms with Crippen molar-refractivity contribution in [3.8, 4) is 0 Å². The van der Waals surface area contributed by atoms with Gasteiger partial charge in [0.2, 0.25) is 0 Å². The van der Waals surface area contributed by atoms with E-state index in [0.717, 1.165) is 25.1 Å². The van der Waals surface area contributed by atoms with Crippen molar-refractivity contribution in [1.29, 1.82) is 0 Å². The van der Waals surface area contributed by atoms with Crippen molar-refractivity contribution >= 4 is 29.1 Å². The molecular formula is C16H17ClN2O2. The molecule has 1 heterocycles. The number of pyridine rings is 1. The Hall–Kier alpha value is -2.07. The molecule has 0 fully saturated rings. The largest absolute Gasteiger partial charge is 0.476 e. The third-order valence-corrected chi connectivity index (χ3v) is 3.42. The molecule has 0 aliphatic heterocycles. The molecule has 2 rings (SSSR count). The van der Waals surface area contributed by atoms with Gasteiger partial charge in [-0.3, -0.25) is 0 Å². The number of anilines is 2. The summed E-state index contributed by atoms with van der Waals surface area (Å²) in [7, 11) is 0. The van der Waals surface area contributed by atoms with E-state index in [1.807, 2.05) is 35.2 Å². The van der Waals surface area contributed by atoms with E-state index in [-0.39, 0.29) is 10.7 Å². The van der Waals surface area contributed by atoms with Crippen molar-refractivity contribution in [2.75, 3.05) is 11.4 Å². The fourth-order valence-corrected chi connectivity index (χ4v) is 2.22. The topological polar surface area (TPSA) is 53.4 Å². The summed E-state index contributed by atoms with van der Waals surface area (Å²) in [5.41, 5.74) is 0.865. The lowest BCUT2D eigenvalue weighted by Crippen LogP contribution is -2.20. The number of hydrogen-bond acceptors (Lipinski definition) is 3. The van der Waals surface area contributed by atoms with Crippen LogP contribution in [0.2, 0.25) is 5.02 Å². The number of rotatable bonds is 6. The molecule has 0 aliphatic rings. The summed E-state index contributed by atoms with van der Waals surface area (Å²) in [5, 5.41) is 9.30. The number of nitrogens with zero attached hydrogens (tertiary/aromatic N) is 2. The first-order valence-corrected chi connectivity index (χ1v) is 7.23. The van der Waals surface area contributed by atoms with Crippen LogP contribution in [0.15, 0.2) is 42.5 Å². The van der Waals surface area contributed by atoms with Crippen molar-refractivity contribution in [1.82, 2.24) is 4.98 Å². The molecule has 1 N–H and O–H groups in total. The van der Waals surface area contributed by atoms with Crippen LogP contribution in [0.25, 0.3) is 0 Å². The summed E-state index contributed by atoms with van der Waals surface area (Å²) >= 11 is 5.88. The lowest BCUT2D eigenvalue weighted by molar-refractivity contribution is 0.0691. The van der Waals surface area contributed by atoms with Gasteiger partial charge in [0.1, 0.15) is 5.82 Å². The smallest absolute Gasteiger partial charge is 0.356 e. The minimum atomic E-state index is -1.12.